The van der Waals surface area contributed by atoms with Crippen molar-refractivity contribution in [1.82, 2.24) is 19.5 Å². The van der Waals surface area contributed by atoms with Gasteiger partial charge in [0.15, 0.2) is 17.4 Å². The molecule has 0 saturated carbocycles. The van der Waals surface area contributed by atoms with Crippen LogP contribution in [0, 0.1) is 13.8 Å². The zero-order chi connectivity index (χ0) is 16.9. The lowest BCUT2D eigenvalue weighted by molar-refractivity contribution is -0.0530. The number of nitrogens with one attached hydrogen (secondary N) is 1. The molecule has 2 aromatic heterocycles. The van der Waals surface area contributed by atoms with Gasteiger partial charge in [0.2, 0.25) is 0 Å². The Balaban J connectivity index is 2.28. The number of nitrogens with zero attached hydrogens (tertiary/aromatic N) is 3. The summed E-state index contributed by atoms with van der Waals surface area (Å²) in [7, 11) is 0. The van der Waals surface area contributed by atoms with Crippen molar-refractivity contribution in [1.29, 1.82) is 0 Å². The van der Waals surface area contributed by atoms with Gasteiger partial charge >= 0.3 is 5.69 Å². The largest absolute Gasteiger partial charge is 0.394 e. The Morgan fingerprint density at radius 3 is 2.43 bits per heavy atom. The lowest BCUT2D eigenvalue weighted by atomic mass is 10.1. The molecule has 1 aliphatic heterocycles. The highest BCUT2D eigenvalue weighted by Crippen LogP contribution is 2.29. The van der Waals surface area contributed by atoms with Crippen LogP contribution < -0.4 is 11.2 Å². The van der Waals surface area contributed by atoms with Gasteiger partial charge in [-0.15, -0.1) is 0 Å². The molecule has 3 heterocycles. The van der Waals surface area contributed by atoms with Crippen LogP contribution in [-0.4, -0.2) is 59.8 Å². The Hall–Kier alpha value is -2.14. The van der Waals surface area contributed by atoms with Crippen molar-refractivity contribution in [2.75, 3.05) is 6.61 Å². The summed E-state index contributed by atoms with van der Waals surface area (Å²) < 4.78 is 6.27. The van der Waals surface area contributed by atoms with Crippen molar-refractivity contribution in [3.63, 3.8) is 0 Å². The van der Waals surface area contributed by atoms with Gasteiger partial charge in [-0.1, -0.05) is 0 Å². The highest BCUT2D eigenvalue weighted by molar-refractivity contribution is 5.69. The molecule has 0 radical (unpaired) electrons. The molecule has 3 rings (SSSR count). The number of hydrogen-bond acceptors (Lipinski definition) is 8. The summed E-state index contributed by atoms with van der Waals surface area (Å²) in [6.07, 6.45) is -5.20. The lowest BCUT2D eigenvalue weighted by Crippen LogP contribution is -2.39. The van der Waals surface area contributed by atoms with E-state index in [1.807, 2.05) is 0 Å². The maximum Gasteiger partial charge on any atom is 0.332 e. The van der Waals surface area contributed by atoms with E-state index in [0.29, 0.717) is 11.4 Å². The standard InChI is InChI=1S/C13H16N4O6/c1-4-5(2)15-10-7(14-4)11(21)16-13(22)17(10)12-9(20)8(19)6(3-18)23-12/h6,8-9,12,18-20H,3H2,1-2H3,(H,16,21,22)/t6-,8-,9-,12-/m1/s1. The molecule has 4 atom stereocenters. The minimum absolute atomic E-state index is 0.0586. The topological polar surface area (TPSA) is 151 Å². The van der Waals surface area contributed by atoms with Crippen LogP contribution in [0.2, 0.25) is 0 Å². The molecule has 1 fully saturated rings. The van der Waals surface area contributed by atoms with Crippen LogP contribution in [0.15, 0.2) is 9.59 Å². The van der Waals surface area contributed by atoms with Gasteiger partial charge in [0.25, 0.3) is 5.56 Å². The Bertz CT molecular complexity index is 875. The van der Waals surface area contributed by atoms with Crippen LogP contribution >= 0.6 is 0 Å². The summed E-state index contributed by atoms with van der Waals surface area (Å²) in [5.41, 5.74) is -0.669. The second kappa shape index (κ2) is 5.49. The molecule has 10 nitrogen and oxygen atoms in total. The molecular weight excluding hydrogens is 308 g/mol. The molecule has 1 saturated heterocycles. The molecule has 0 bridgehead atoms. The fourth-order valence-corrected chi connectivity index (χ4v) is 2.55. The van der Waals surface area contributed by atoms with Gasteiger partial charge in [0.05, 0.1) is 18.0 Å². The molecule has 0 aromatic carbocycles. The van der Waals surface area contributed by atoms with E-state index in [4.69, 9.17) is 9.84 Å². The maximum absolute atomic E-state index is 12.2. The van der Waals surface area contributed by atoms with E-state index < -0.39 is 42.4 Å². The highest BCUT2D eigenvalue weighted by atomic mass is 16.6. The maximum atomic E-state index is 12.2. The van der Waals surface area contributed by atoms with E-state index in [1.165, 1.54) is 0 Å². The van der Waals surface area contributed by atoms with Gasteiger partial charge in [0.1, 0.15) is 18.3 Å². The van der Waals surface area contributed by atoms with E-state index in [1.54, 1.807) is 13.8 Å². The van der Waals surface area contributed by atoms with Crippen LogP contribution in [0.25, 0.3) is 11.2 Å². The number of rotatable bonds is 2. The third-order valence-corrected chi connectivity index (χ3v) is 3.94. The predicted octanol–water partition coefficient (Wildman–Crippen LogP) is -2.29. The quantitative estimate of drug-likeness (QED) is 0.482. The van der Waals surface area contributed by atoms with Crippen LogP contribution in [0.4, 0.5) is 0 Å². The monoisotopic (exact) mass is 324 g/mol. The Morgan fingerprint density at radius 2 is 1.83 bits per heavy atom. The van der Waals surface area contributed by atoms with E-state index in [0.717, 1.165) is 4.57 Å². The SMILES string of the molecule is Cc1nc2c(=O)[nH]c(=O)n([C@@H]3O[C@H](CO)[C@@H](O)[C@H]3O)c2nc1C. The van der Waals surface area contributed by atoms with Gasteiger partial charge < -0.3 is 20.1 Å². The molecule has 10 heteroatoms. The molecule has 0 spiro atoms. The van der Waals surface area contributed by atoms with Crippen LogP contribution in [0.3, 0.4) is 0 Å². The van der Waals surface area contributed by atoms with Gasteiger partial charge in [-0.25, -0.2) is 19.3 Å². The smallest absolute Gasteiger partial charge is 0.332 e. The number of H-pyrrole nitrogens is 1. The minimum atomic E-state index is -1.47. The summed E-state index contributed by atoms with van der Waals surface area (Å²) in [4.78, 5) is 34.5. The van der Waals surface area contributed by atoms with Crippen LogP contribution in [0.5, 0.6) is 0 Å². The number of hydrogen-bond donors (Lipinski definition) is 4. The predicted molar refractivity (Wildman–Crippen MR) is 76.9 cm³/mol. The Kier molecular flexibility index (Phi) is 3.76. The molecule has 124 valence electrons. The van der Waals surface area contributed by atoms with Gasteiger partial charge in [-0.05, 0) is 13.8 Å². The third kappa shape index (κ3) is 2.36. The molecule has 23 heavy (non-hydrogen) atoms. The summed E-state index contributed by atoms with van der Waals surface area (Å²) in [6.45, 7) is 2.80. The van der Waals surface area contributed by atoms with Crippen molar-refractivity contribution in [3.05, 3.63) is 32.2 Å². The average Bonchev–Trinajstić information content (AvgIpc) is 2.78. The molecule has 0 amide bonds. The first-order valence-corrected chi connectivity index (χ1v) is 6.97. The first kappa shape index (κ1) is 15.7. The van der Waals surface area contributed by atoms with E-state index >= 15 is 0 Å². The van der Waals surface area contributed by atoms with Gasteiger partial charge in [-0.2, -0.15) is 0 Å². The molecule has 0 unspecified atom stereocenters. The Labute approximate surface area is 129 Å². The number of aromatic amines is 1. The fraction of sp³-hybridized carbons (Fsp3) is 0.538. The van der Waals surface area contributed by atoms with Gasteiger partial charge in [0, 0.05) is 0 Å². The molecule has 4 N–H and O–H groups in total. The number of aryl methyl sites for hydroxylation is 2. The number of aromatic nitrogens is 4. The number of aliphatic hydroxyl groups excluding tert-OH is 3. The summed E-state index contributed by atoms with van der Waals surface area (Å²) in [5, 5.41) is 29.1. The van der Waals surface area contributed by atoms with Crippen LogP contribution in [-0.2, 0) is 4.74 Å². The van der Waals surface area contributed by atoms with Crippen molar-refractivity contribution >= 4 is 11.2 Å². The zero-order valence-electron chi connectivity index (χ0n) is 12.4. The normalized spacial score (nSPS) is 27.7. The average molecular weight is 324 g/mol. The number of fused-ring (bicyclic) bond motifs is 1. The van der Waals surface area contributed by atoms with Gasteiger partial charge in [-0.3, -0.25) is 9.78 Å². The van der Waals surface area contributed by atoms with Crippen molar-refractivity contribution in [2.45, 2.75) is 38.4 Å². The first-order chi connectivity index (χ1) is 10.8. The summed E-state index contributed by atoms with van der Waals surface area (Å²) in [5.74, 6) is 0. The van der Waals surface area contributed by atoms with E-state index in [9.17, 15) is 19.8 Å². The second-order valence-electron chi connectivity index (χ2n) is 5.42. The lowest BCUT2D eigenvalue weighted by Gasteiger charge is -2.18. The Morgan fingerprint density at radius 1 is 1.17 bits per heavy atom. The van der Waals surface area contributed by atoms with Crippen molar-refractivity contribution in [2.24, 2.45) is 0 Å². The summed E-state index contributed by atoms with van der Waals surface area (Å²) >= 11 is 0. The third-order valence-electron chi connectivity index (χ3n) is 3.94. The highest BCUT2D eigenvalue weighted by Gasteiger charge is 2.44. The first-order valence-electron chi connectivity index (χ1n) is 6.97. The minimum Gasteiger partial charge on any atom is -0.394 e. The molecule has 1 aliphatic rings. The van der Waals surface area contributed by atoms with Crippen molar-refractivity contribution < 1.29 is 20.1 Å². The summed E-state index contributed by atoms with van der Waals surface area (Å²) in [6, 6.07) is 0. The van der Waals surface area contributed by atoms with Crippen molar-refractivity contribution in [3.8, 4) is 0 Å². The number of ether oxygens (including phenoxy) is 1. The molecule has 0 aliphatic carbocycles. The molecule has 2 aromatic rings. The van der Waals surface area contributed by atoms with E-state index in [2.05, 4.69) is 15.0 Å². The van der Waals surface area contributed by atoms with E-state index in [-0.39, 0.29) is 11.2 Å². The van der Waals surface area contributed by atoms with Crippen LogP contribution in [0.1, 0.15) is 17.6 Å². The number of aliphatic hydroxyl groups is 3. The molecular formula is C13H16N4O6. The fourth-order valence-electron chi connectivity index (χ4n) is 2.55. The zero-order valence-corrected chi connectivity index (χ0v) is 12.4. The second-order valence-corrected chi connectivity index (χ2v) is 5.42.